The van der Waals surface area contributed by atoms with E-state index in [-0.39, 0.29) is 29.0 Å². The molecule has 33 heavy (non-hydrogen) atoms. The third kappa shape index (κ3) is 5.33. The maximum Gasteiger partial charge on any atom is 0.303 e. The lowest BCUT2D eigenvalue weighted by molar-refractivity contribution is -0.327. The first-order valence-corrected chi connectivity index (χ1v) is 11.8. The fourth-order valence-corrected chi connectivity index (χ4v) is 5.72. The minimum atomic E-state index is -1.17. The van der Waals surface area contributed by atoms with E-state index >= 15 is 0 Å². The highest BCUT2D eigenvalue weighted by atomic mass is 16.7. The summed E-state index contributed by atoms with van der Waals surface area (Å²) in [5.74, 6) is -0.741. The van der Waals surface area contributed by atoms with E-state index in [1.807, 2.05) is 20.8 Å². The Bertz CT molecular complexity index is 804. The van der Waals surface area contributed by atoms with Crippen LogP contribution in [0.2, 0.25) is 0 Å². The summed E-state index contributed by atoms with van der Waals surface area (Å²) in [6.45, 7) is 12.3. The molecule has 0 spiro atoms. The Morgan fingerprint density at radius 2 is 1.76 bits per heavy atom. The first-order chi connectivity index (χ1) is 15.2. The number of fused-ring (bicyclic) bond motifs is 1. The number of hydrogen-bond donors (Lipinski definition) is 1. The van der Waals surface area contributed by atoms with Gasteiger partial charge >= 0.3 is 11.9 Å². The minimum Gasteiger partial charge on any atom is -0.455 e. The van der Waals surface area contributed by atoms with Gasteiger partial charge in [-0.15, -0.1) is 0 Å². The predicted octanol–water partition coefficient (Wildman–Crippen LogP) is 2.95. The van der Waals surface area contributed by atoms with Gasteiger partial charge in [0, 0.05) is 19.8 Å². The molecule has 186 valence electrons. The Balaban J connectivity index is 1.81. The third-order valence-electron chi connectivity index (χ3n) is 7.86. The number of hydrogen-bond acceptors (Lipinski definition) is 8. The van der Waals surface area contributed by atoms with Gasteiger partial charge in [0.15, 0.2) is 24.3 Å². The Morgan fingerprint density at radius 3 is 2.36 bits per heavy atom. The summed E-state index contributed by atoms with van der Waals surface area (Å²) in [6, 6.07) is 0. The number of ether oxygens (including phenoxy) is 4. The normalized spacial score (nSPS) is 41.3. The van der Waals surface area contributed by atoms with Crippen molar-refractivity contribution in [3.63, 3.8) is 0 Å². The van der Waals surface area contributed by atoms with Crippen LogP contribution in [0.5, 0.6) is 0 Å². The fraction of sp³-hybridized carbons (Fsp3) is 0.800. The molecule has 8 heteroatoms. The zero-order valence-corrected chi connectivity index (χ0v) is 20.7. The lowest BCUT2D eigenvalue weighted by Crippen LogP contribution is -2.62. The van der Waals surface area contributed by atoms with Gasteiger partial charge in [-0.05, 0) is 63.4 Å². The van der Waals surface area contributed by atoms with Crippen molar-refractivity contribution in [2.24, 2.45) is 23.2 Å². The van der Waals surface area contributed by atoms with E-state index in [9.17, 15) is 19.5 Å². The molecular weight excluding hydrogens is 428 g/mol. The van der Waals surface area contributed by atoms with Crippen LogP contribution >= 0.6 is 0 Å². The SMILES string of the molecule is CC(=O)OC1C(OC(C)(C)C2CCC3(C)C=CC(=O)C(C)C3C2)OC(C)C(O)C1OC(C)=O. The molecule has 0 bridgehead atoms. The largest absolute Gasteiger partial charge is 0.455 e. The molecular formula is C25H38O8. The Kier molecular flexibility index (Phi) is 7.42. The van der Waals surface area contributed by atoms with Crippen molar-refractivity contribution in [1.82, 2.24) is 0 Å². The second-order valence-corrected chi connectivity index (χ2v) is 10.7. The van der Waals surface area contributed by atoms with Crippen molar-refractivity contribution < 1.29 is 38.4 Å². The predicted molar refractivity (Wildman–Crippen MR) is 119 cm³/mol. The first-order valence-electron chi connectivity index (χ1n) is 11.8. The Morgan fingerprint density at radius 1 is 1.15 bits per heavy atom. The lowest BCUT2D eigenvalue weighted by atomic mass is 9.56. The van der Waals surface area contributed by atoms with Crippen LogP contribution in [0.1, 0.15) is 67.7 Å². The zero-order chi connectivity index (χ0) is 24.7. The summed E-state index contributed by atoms with van der Waals surface area (Å²) in [4.78, 5) is 35.8. The second-order valence-electron chi connectivity index (χ2n) is 10.7. The topological polar surface area (TPSA) is 108 Å². The summed E-state index contributed by atoms with van der Waals surface area (Å²) >= 11 is 0. The molecule has 9 unspecified atom stereocenters. The smallest absolute Gasteiger partial charge is 0.303 e. The molecule has 1 saturated carbocycles. The van der Waals surface area contributed by atoms with Gasteiger partial charge in [-0.3, -0.25) is 14.4 Å². The summed E-state index contributed by atoms with van der Waals surface area (Å²) in [6.07, 6.45) is 1.35. The molecule has 0 amide bonds. The molecule has 9 atom stereocenters. The molecule has 1 aliphatic heterocycles. The number of carbonyl (C=O) groups excluding carboxylic acids is 3. The van der Waals surface area contributed by atoms with Crippen molar-refractivity contribution in [3.05, 3.63) is 12.2 Å². The minimum absolute atomic E-state index is 0.0133. The van der Waals surface area contributed by atoms with Gasteiger partial charge < -0.3 is 24.1 Å². The van der Waals surface area contributed by atoms with Crippen LogP contribution in [0.25, 0.3) is 0 Å². The number of carbonyl (C=O) groups is 3. The van der Waals surface area contributed by atoms with Gasteiger partial charge in [0.05, 0.1) is 11.7 Å². The average molecular weight is 467 g/mol. The molecule has 0 aromatic rings. The van der Waals surface area contributed by atoms with Gasteiger partial charge in [0.25, 0.3) is 0 Å². The first kappa shape index (κ1) is 25.8. The van der Waals surface area contributed by atoms with E-state index in [0.29, 0.717) is 0 Å². The molecule has 3 rings (SSSR count). The number of aliphatic hydroxyl groups excluding tert-OH is 1. The molecule has 2 aliphatic carbocycles. The van der Waals surface area contributed by atoms with Gasteiger partial charge in [0.1, 0.15) is 6.10 Å². The van der Waals surface area contributed by atoms with Crippen LogP contribution in [0.4, 0.5) is 0 Å². The van der Waals surface area contributed by atoms with Crippen LogP contribution in [0.15, 0.2) is 12.2 Å². The van der Waals surface area contributed by atoms with Crippen LogP contribution in [0.3, 0.4) is 0 Å². The Labute approximate surface area is 196 Å². The van der Waals surface area contributed by atoms with Crippen LogP contribution < -0.4 is 0 Å². The van der Waals surface area contributed by atoms with Crippen molar-refractivity contribution in [2.45, 2.75) is 104 Å². The molecule has 3 aliphatic rings. The number of ketones is 1. The lowest BCUT2D eigenvalue weighted by Gasteiger charge is -2.52. The monoisotopic (exact) mass is 466 g/mol. The summed E-state index contributed by atoms with van der Waals surface area (Å²) in [7, 11) is 0. The third-order valence-corrected chi connectivity index (χ3v) is 7.86. The second kappa shape index (κ2) is 9.47. The van der Waals surface area contributed by atoms with E-state index < -0.39 is 48.2 Å². The molecule has 1 heterocycles. The zero-order valence-electron chi connectivity index (χ0n) is 20.7. The number of aliphatic hydroxyl groups is 1. The van der Waals surface area contributed by atoms with Gasteiger partial charge in [0.2, 0.25) is 0 Å². The molecule has 2 fully saturated rings. The molecule has 0 radical (unpaired) electrons. The summed E-state index contributed by atoms with van der Waals surface area (Å²) in [5, 5.41) is 10.6. The maximum absolute atomic E-state index is 12.3. The summed E-state index contributed by atoms with van der Waals surface area (Å²) in [5.41, 5.74) is -0.697. The molecule has 0 aromatic heterocycles. The summed E-state index contributed by atoms with van der Waals surface area (Å²) < 4.78 is 23.1. The highest BCUT2D eigenvalue weighted by Gasteiger charge is 2.53. The highest BCUT2D eigenvalue weighted by Crippen LogP contribution is 2.53. The maximum atomic E-state index is 12.3. The molecule has 1 saturated heterocycles. The van der Waals surface area contributed by atoms with Crippen molar-refractivity contribution in [1.29, 1.82) is 0 Å². The Hall–Kier alpha value is -1.77. The molecule has 1 N–H and O–H groups in total. The standard InChI is InChI=1S/C25H38O8/c1-13-18-12-17(8-10-25(18,7)11-9-19(13)28)24(5,6)33-23-22(32-16(4)27)21(31-15(3)26)20(29)14(2)30-23/h9,11,13-14,17-18,20-23,29H,8,10,12H2,1-7H3. The van der Waals surface area contributed by atoms with Crippen LogP contribution in [-0.4, -0.2) is 59.1 Å². The van der Waals surface area contributed by atoms with Crippen LogP contribution in [-0.2, 0) is 33.3 Å². The molecule has 0 aromatic carbocycles. The number of rotatable bonds is 5. The fourth-order valence-electron chi connectivity index (χ4n) is 5.72. The van der Waals surface area contributed by atoms with Crippen molar-refractivity contribution in [2.75, 3.05) is 0 Å². The van der Waals surface area contributed by atoms with E-state index in [4.69, 9.17) is 18.9 Å². The quantitative estimate of drug-likeness (QED) is 0.616. The van der Waals surface area contributed by atoms with E-state index in [2.05, 4.69) is 13.0 Å². The molecule has 8 nitrogen and oxygen atoms in total. The van der Waals surface area contributed by atoms with Gasteiger partial charge in [-0.25, -0.2) is 0 Å². The van der Waals surface area contributed by atoms with E-state index in [0.717, 1.165) is 19.3 Å². The average Bonchev–Trinajstić information content (AvgIpc) is 2.70. The number of esters is 2. The van der Waals surface area contributed by atoms with Gasteiger partial charge in [-0.1, -0.05) is 19.9 Å². The van der Waals surface area contributed by atoms with Crippen LogP contribution in [0, 0.1) is 23.2 Å². The van der Waals surface area contributed by atoms with Gasteiger partial charge in [-0.2, -0.15) is 0 Å². The van der Waals surface area contributed by atoms with E-state index in [1.165, 1.54) is 13.8 Å². The van der Waals surface area contributed by atoms with E-state index in [1.54, 1.807) is 13.0 Å². The van der Waals surface area contributed by atoms with Crippen molar-refractivity contribution in [3.8, 4) is 0 Å². The number of allylic oxidation sites excluding steroid dienone is 2. The van der Waals surface area contributed by atoms with Crippen molar-refractivity contribution >= 4 is 17.7 Å². The highest BCUT2D eigenvalue weighted by molar-refractivity contribution is 5.92.